The number of ether oxygens (including phenoxy) is 2. The van der Waals surface area contributed by atoms with E-state index in [-0.39, 0.29) is 32.6 Å². The number of rotatable bonds is 57. The molecule has 0 bridgehead atoms. The molecule has 424 valence electrons. The van der Waals surface area contributed by atoms with Gasteiger partial charge in [-0.1, -0.05) is 254 Å². The van der Waals surface area contributed by atoms with E-state index in [9.17, 15) is 19.0 Å². The summed E-state index contributed by atoms with van der Waals surface area (Å²) in [6, 6.07) is 0. The second-order valence-corrected chi connectivity index (χ2v) is 21.7. The van der Waals surface area contributed by atoms with Crippen molar-refractivity contribution in [2.45, 2.75) is 290 Å². The van der Waals surface area contributed by atoms with Crippen LogP contribution in [0.25, 0.3) is 0 Å². The minimum atomic E-state index is -4.39. The van der Waals surface area contributed by atoms with Gasteiger partial charge in [0, 0.05) is 19.4 Å². The molecule has 0 aliphatic heterocycles. The molecular formula is C63H114NO8P. The van der Waals surface area contributed by atoms with Crippen LogP contribution in [-0.4, -0.2) is 49.3 Å². The van der Waals surface area contributed by atoms with Crippen molar-refractivity contribution in [1.82, 2.24) is 0 Å². The van der Waals surface area contributed by atoms with Gasteiger partial charge in [-0.15, -0.1) is 0 Å². The second kappa shape index (κ2) is 58.7. The van der Waals surface area contributed by atoms with E-state index < -0.39 is 32.5 Å². The summed E-state index contributed by atoms with van der Waals surface area (Å²) >= 11 is 0. The first-order valence-corrected chi connectivity index (χ1v) is 31.9. The Bertz CT molecular complexity index is 1420. The number of carbonyl (C=O) groups is 2. The molecule has 0 aromatic rings. The van der Waals surface area contributed by atoms with E-state index in [1.54, 1.807) is 0 Å². The lowest BCUT2D eigenvalue weighted by molar-refractivity contribution is -0.161. The first-order valence-electron chi connectivity index (χ1n) is 30.4. The third-order valence-electron chi connectivity index (χ3n) is 13.1. The fourth-order valence-corrected chi connectivity index (χ4v) is 9.30. The summed E-state index contributed by atoms with van der Waals surface area (Å²) in [5.41, 5.74) is 5.38. The van der Waals surface area contributed by atoms with Gasteiger partial charge in [0.1, 0.15) is 6.61 Å². The molecule has 0 aliphatic rings. The van der Waals surface area contributed by atoms with Gasteiger partial charge < -0.3 is 20.1 Å². The van der Waals surface area contributed by atoms with E-state index >= 15 is 0 Å². The van der Waals surface area contributed by atoms with E-state index in [1.165, 1.54) is 173 Å². The summed E-state index contributed by atoms with van der Waals surface area (Å²) in [5, 5.41) is 0. The maximum atomic E-state index is 12.7. The van der Waals surface area contributed by atoms with Crippen LogP contribution in [0, 0.1) is 0 Å². The number of hydrogen-bond acceptors (Lipinski definition) is 8. The smallest absolute Gasteiger partial charge is 0.462 e. The molecular weight excluding hydrogens is 930 g/mol. The first kappa shape index (κ1) is 70.5. The molecule has 0 aliphatic carbocycles. The quantitative estimate of drug-likeness (QED) is 0.0264. The maximum Gasteiger partial charge on any atom is 0.472 e. The lowest BCUT2D eigenvalue weighted by Gasteiger charge is -2.19. The van der Waals surface area contributed by atoms with Crippen LogP contribution >= 0.6 is 7.82 Å². The lowest BCUT2D eigenvalue weighted by Crippen LogP contribution is -2.29. The third-order valence-corrected chi connectivity index (χ3v) is 14.0. The normalized spacial score (nSPS) is 13.5. The van der Waals surface area contributed by atoms with E-state index in [0.717, 1.165) is 77.0 Å². The van der Waals surface area contributed by atoms with Crippen LogP contribution in [0.1, 0.15) is 284 Å². The van der Waals surface area contributed by atoms with Crippen LogP contribution in [0.3, 0.4) is 0 Å². The summed E-state index contributed by atoms with van der Waals surface area (Å²) in [4.78, 5) is 35.2. The SMILES string of the molecule is CCCCC/C=C\C/C=C\C/C=C\CCCCCCCCC(=O)OCC(COP(=O)(O)OCCN)OC(=O)CCCCCCCCCCCCCCCCCCCC/C=C\C/C=C\C/C=C\CCCCCCC. The molecule has 0 saturated heterocycles. The van der Waals surface area contributed by atoms with Gasteiger partial charge in [-0.05, 0) is 89.9 Å². The summed E-state index contributed by atoms with van der Waals surface area (Å²) in [5.74, 6) is -0.836. The molecule has 0 fully saturated rings. The van der Waals surface area contributed by atoms with Crippen LogP contribution in [0.2, 0.25) is 0 Å². The summed E-state index contributed by atoms with van der Waals surface area (Å²) in [7, 11) is -4.39. The molecule has 3 N–H and O–H groups in total. The van der Waals surface area contributed by atoms with Gasteiger partial charge in [-0.3, -0.25) is 18.6 Å². The molecule has 73 heavy (non-hydrogen) atoms. The van der Waals surface area contributed by atoms with E-state index in [1.807, 2.05) is 0 Å². The molecule has 0 saturated carbocycles. The highest BCUT2D eigenvalue weighted by molar-refractivity contribution is 7.47. The summed E-state index contributed by atoms with van der Waals surface area (Å²) < 4.78 is 33.0. The van der Waals surface area contributed by atoms with Gasteiger partial charge in [-0.25, -0.2) is 4.57 Å². The van der Waals surface area contributed by atoms with Gasteiger partial charge in [-0.2, -0.15) is 0 Å². The molecule has 2 unspecified atom stereocenters. The van der Waals surface area contributed by atoms with Crippen molar-refractivity contribution in [1.29, 1.82) is 0 Å². The zero-order chi connectivity index (χ0) is 53.1. The van der Waals surface area contributed by atoms with E-state index in [4.69, 9.17) is 24.3 Å². The van der Waals surface area contributed by atoms with Crippen LogP contribution in [-0.2, 0) is 32.7 Å². The van der Waals surface area contributed by atoms with Gasteiger partial charge in [0.15, 0.2) is 6.10 Å². The Hall–Kier alpha value is -2.55. The van der Waals surface area contributed by atoms with Crippen molar-refractivity contribution in [3.8, 4) is 0 Å². The van der Waals surface area contributed by atoms with Gasteiger partial charge in [0.2, 0.25) is 0 Å². The predicted molar refractivity (Wildman–Crippen MR) is 312 cm³/mol. The van der Waals surface area contributed by atoms with Crippen molar-refractivity contribution >= 4 is 19.8 Å². The summed E-state index contributed by atoms with van der Waals surface area (Å²) in [6.07, 6.45) is 75.4. The van der Waals surface area contributed by atoms with Gasteiger partial charge in [0.05, 0.1) is 13.2 Å². The largest absolute Gasteiger partial charge is 0.472 e. The monoisotopic (exact) mass is 1040 g/mol. The molecule has 2 atom stereocenters. The minimum Gasteiger partial charge on any atom is -0.462 e. The van der Waals surface area contributed by atoms with E-state index in [2.05, 4.69) is 86.8 Å². The van der Waals surface area contributed by atoms with Crippen molar-refractivity contribution in [3.05, 3.63) is 72.9 Å². The second-order valence-electron chi connectivity index (χ2n) is 20.2. The number of phosphoric ester groups is 1. The highest BCUT2D eigenvalue weighted by Gasteiger charge is 2.26. The Morgan fingerprint density at radius 2 is 0.712 bits per heavy atom. The van der Waals surface area contributed by atoms with Crippen molar-refractivity contribution in [2.75, 3.05) is 26.4 Å². The number of unbranched alkanes of at least 4 members (excludes halogenated alkanes) is 32. The zero-order valence-electron chi connectivity index (χ0n) is 47.4. The van der Waals surface area contributed by atoms with Crippen LogP contribution < -0.4 is 5.73 Å². The Kier molecular flexibility index (Phi) is 56.7. The predicted octanol–water partition coefficient (Wildman–Crippen LogP) is 19.3. The fraction of sp³-hybridized carbons (Fsp3) is 0.778. The molecule has 0 aromatic heterocycles. The number of esters is 2. The molecule has 0 amide bonds. The Balaban J connectivity index is 3.91. The Labute approximate surface area is 450 Å². The Morgan fingerprint density at radius 1 is 0.411 bits per heavy atom. The molecule has 0 aromatic carbocycles. The van der Waals surface area contributed by atoms with Crippen molar-refractivity contribution in [2.24, 2.45) is 5.73 Å². The topological polar surface area (TPSA) is 134 Å². The summed E-state index contributed by atoms with van der Waals surface area (Å²) in [6.45, 7) is 3.71. The standard InChI is InChI=1S/C63H114NO8P/c1-3-5-7-9-11-13-15-17-19-21-23-24-25-26-27-28-29-30-31-32-33-34-35-36-38-40-42-44-46-48-50-52-54-56-63(66)72-61(60-71-73(67,68)70-58-57-64)59-69-62(65)55-53-51-49-47-45-43-41-39-37-22-20-18-16-14-12-10-8-6-4-2/h12,14-15,17-18,20-21,23,25-26,37,39,61H,3-11,13,16,19,22,24,27-36,38,40-60,64H2,1-2H3,(H,67,68)/b14-12-,17-15-,20-18-,23-21-,26-25-,39-37-. The molecule has 0 spiro atoms. The maximum absolute atomic E-state index is 12.7. The number of carbonyl (C=O) groups excluding carboxylic acids is 2. The average molecular weight is 1040 g/mol. The molecule has 10 heteroatoms. The highest BCUT2D eigenvalue weighted by atomic mass is 31.2. The number of phosphoric acid groups is 1. The van der Waals surface area contributed by atoms with Crippen LogP contribution in [0.5, 0.6) is 0 Å². The molecule has 0 rings (SSSR count). The molecule has 0 heterocycles. The lowest BCUT2D eigenvalue weighted by atomic mass is 10.0. The van der Waals surface area contributed by atoms with Crippen LogP contribution in [0.4, 0.5) is 0 Å². The zero-order valence-corrected chi connectivity index (χ0v) is 48.3. The number of nitrogens with two attached hydrogens (primary N) is 1. The van der Waals surface area contributed by atoms with Crippen molar-refractivity contribution in [3.63, 3.8) is 0 Å². The highest BCUT2D eigenvalue weighted by Crippen LogP contribution is 2.43. The fourth-order valence-electron chi connectivity index (χ4n) is 8.53. The van der Waals surface area contributed by atoms with Crippen LogP contribution in [0.15, 0.2) is 72.9 Å². The minimum absolute atomic E-state index is 0.0498. The number of allylic oxidation sites excluding steroid dienone is 12. The van der Waals surface area contributed by atoms with Gasteiger partial charge in [0.25, 0.3) is 0 Å². The Morgan fingerprint density at radius 3 is 1.08 bits per heavy atom. The first-order chi connectivity index (χ1) is 35.8. The number of hydrogen-bond donors (Lipinski definition) is 2. The third kappa shape index (κ3) is 58.6. The average Bonchev–Trinajstić information content (AvgIpc) is 3.38. The van der Waals surface area contributed by atoms with Crippen molar-refractivity contribution < 1.29 is 37.6 Å². The molecule has 0 radical (unpaired) electrons. The van der Waals surface area contributed by atoms with E-state index in [0.29, 0.717) is 6.42 Å². The molecule has 9 nitrogen and oxygen atoms in total. The van der Waals surface area contributed by atoms with Gasteiger partial charge >= 0.3 is 19.8 Å².